The van der Waals surface area contributed by atoms with E-state index in [-0.39, 0.29) is 5.92 Å². The summed E-state index contributed by atoms with van der Waals surface area (Å²) >= 11 is 0. The summed E-state index contributed by atoms with van der Waals surface area (Å²) in [5.74, 6) is 2.34. The van der Waals surface area contributed by atoms with Crippen LogP contribution < -0.4 is 5.73 Å². The van der Waals surface area contributed by atoms with E-state index in [0.29, 0.717) is 35.9 Å². The Kier molecular flexibility index (Phi) is 8.38. The van der Waals surface area contributed by atoms with Crippen LogP contribution in [0.2, 0.25) is 0 Å². The fourth-order valence-electron chi connectivity index (χ4n) is 6.38. The number of Topliss-reactive ketones (excluding diaryl/α,β-unsaturated/α-hetero) is 1. The third kappa shape index (κ3) is 6.77. The van der Waals surface area contributed by atoms with Gasteiger partial charge >= 0.3 is 0 Å². The highest BCUT2D eigenvalue weighted by molar-refractivity contribution is 5.94. The van der Waals surface area contributed by atoms with E-state index in [0.717, 1.165) is 32.1 Å². The normalized spacial score (nSPS) is 32.0. The standard InChI is InChI=1S/C29H43N3O/c1-22-17-27(33)29(32-28(30)18-22,16-15-23-9-4-2-5-10-23)20-24-11-8-12-25(19-24)21-31-26-13-6-3-7-14-26/h2,4-5,9-10,21-22,24-26H,3,6-8,11-20H2,1H3,(H2,30,32)/t22?,24-,25?,29+/m0/s1. The summed E-state index contributed by atoms with van der Waals surface area (Å²) in [6.07, 6.45) is 17.5. The molecule has 0 aromatic heterocycles. The molecule has 180 valence electrons. The minimum atomic E-state index is -0.655. The van der Waals surface area contributed by atoms with Crippen molar-refractivity contribution >= 4 is 17.8 Å². The number of rotatable bonds is 7. The Morgan fingerprint density at radius 2 is 1.85 bits per heavy atom. The predicted molar refractivity (Wildman–Crippen MR) is 138 cm³/mol. The highest BCUT2D eigenvalue weighted by atomic mass is 16.1. The molecule has 1 aromatic rings. The Balaban J connectivity index is 1.47. The van der Waals surface area contributed by atoms with E-state index in [9.17, 15) is 4.79 Å². The van der Waals surface area contributed by atoms with E-state index in [1.165, 1.54) is 56.9 Å². The first-order valence-corrected chi connectivity index (χ1v) is 13.5. The fraction of sp³-hybridized carbons (Fsp3) is 0.690. The maximum absolute atomic E-state index is 13.6. The molecule has 2 fully saturated rings. The van der Waals surface area contributed by atoms with Crippen LogP contribution in [0.3, 0.4) is 0 Å². The summed E-state index contributed by atoms with van der Waals surface area (Å²) in [6, 6.07) is 11.1. The minimum absolute atomic E-state index is 0.279. The molecule has 0 amide bonds. The molecule has 0 spiro atoms. The molecule has 33 heavy (non-hydrogen) atoms. The number of benzene rings is 1. The van der Waals surface area contributed by atoms with Crippen molar-refractivity contribution in [1.82, 2.24) is 0 Å². The molecular formula is C29H43N3O. The molecule has 0 saturated heterocycles. The van der Waals surface area contributed by atoms with E-state index in [1.807, 2.05) is 6.07 Å². The van der Waals surface area contributed by atoms with Crippen LogP contribution in [0.25, 0.3) is 0 Å². The molecule has 4 atom stereocenters. The van der Waals surface area contributed by atoms with E-state index in [4.69, 9.17) is 15.7 Å². The van der Waals surface area contributed by atoms with E-state index in [2.05, 4.69) is 37.4 Å². The number of amidine groups is 1. The lowest BCUT2D eigenvalue weighted by atomic mass is 9.72. The van der Waals surface area contributed by atoms with Gasteiger partial charge in [0.2, 0.25) is 0 Å². The zero-order chi connectivity index (χ0) is 23.1. The maximum atomic E-state index is 13.6. The molecule has 2 unspecified atom stereocenters. The molecule has 4 nitrogen and oxygen atoms in total. The monoisotopic (exact) mass is 449 g/mol. The van der Waals surface area contributed by atoms with Crippen molar-refractivity contribution in [3.8, 4) is 0 Å². The molecule has 0 radical (unpaired) electrons. The Morgan fingerprint density at radius 1 is 1.06 bits per heavy atom. The highest BCUT2D eigenvalue weighted by Crippen LogP contribution is 2.40. The van der Waals surface area contributed by atoms with Gasteiger partial charge in [0.05, 0.1) is 5.84 Å². The molecule has 4 rings (SSSR count). The van der Waals surface area contributed by atoms with Gasteiger partial charge < -0.3 is 5.73 Å². The number of nitrogens with zero attached hydrogens (tertiary/aromatic N) is 2. The summed E-state index contributed by atoms with van der Waals surface area (Å²) in [7, 11) is 0. The third-order valence-corrected chi connectivity index (χ3v) is 8.17. The van der Waals surface area contributed by atoms with Crippen LogP contribution in [0.15, 0.2) is 40.3 Å². The lowest BCUT2D eigenvalue weighted by Crippen LogP contribution is -2.41. The van der Waals surface area contributed by atoms with E-state index >= 15 is 0 Å². The number of aryl methyl sites for hydroxylation is 1. The second-order valence-corrected chi connectivity index (χ2v) is 11.1. The Bertz CT molecular complexity index is 827. The van der Waals surface area contributed by atoms with Crippen LogP contribution in [0, 0.1) is 17.8 Å². The molecule has 1 heterocycles. The second-order valence-electron chi connectivity index (χ2n) is 11.1. The summed E-state index contributed by atoms with van der Waals surface area (Å²) in [6.45, 7) is 2.13. The molecule has 3 aliphatic rings. The van der Waals surface area contributed by atoms with Crippen molar-refractivity contribution in [3.05, 3.63) is 35.9 Å². The highest BCUT2D eigenvalue weighted by Gasteiger charge is 2.42. The average Bonchev–Trinajstić information content (AvgIpc) is 2.92. The Labute approximate surface area is 200 Å². The van der Waals surface area contributed by atoms with E-state index < -0.39 is 5.54 Å². The Morgan fingerprint density at radius 3 is 2.64 bits per heavy atom. The van der Waals surface area contributed by atoms with E-state index in [1.54, 1.807) is 0 Å². The number of carbonyl (C=O) groups excluding carboxylic acids is 1. The van der Waals surface area contributed by atoms with Gasteiger partial charge in [-0.3, -0.25) is 14.8 Å². The van der Waals surface area contributed by atoms with Crippen LogP contribution in [0.4, 0.5) is 0 Å². The van der Waals surface area contributed by atoms with Crippen molar-refractivity contribution in [1.29, 1.82) is 0 Å². The lowest BCUT2D eigenvalue weighted by molar-refractivity contribution is -0.125. The van der Waals surface area contributed by atoms with Crippen molar-refractivity contribution in [2.24, 2.45) is 33.5 Å². The number of hydrogen-bond acceptors (Lipinski definition) is 4. The number of aliphatic imine (C=N–C) groups is 2. The molecule has 1 aromatic carbocycles. The summed E-state index contributed by atoms with van der Waals surface area (Å²) < 4.78 is 0. The fourth-order valence-corrected chi connectivity index (χ4v) is 6.38. The van der Waals surface area contributed by atoms with Crippen molar-refractivity contribution < 1.29 is 4.79 Å². The SMILES string of the molecule is CC1CC(=O)[C@@](CCc2ccccc2)(C[C@H]2CCCC(C=NC3CCCCC3)C2)N=C(N)C1. The first-order valence-electron chi connectivity index (χ1n) is 13.5. The number of nitrogens with two attached hydrogens (primary N) is 1. The number of hydrogen-bond donors (Lipinski definition) is 1. The van der Waals surface area contributed by atoms with Crippen LogP contribution in [0.1, 0.15) is 96.0 Å². The second kappa shape index (κ2) is 11.4. The predicted octanol–water partition coefficient (Wildman–Crippen LogP) is 6.31. The van der Waals surface area contributed by atoms with Crippen LogP contribution in [0.5, 0.6) is 0 Å². The Hall–Kier alpha value is -1.97. The molecule has 0 bridgehead atoms. The van der Waals surface area contributed by atoms with Crippen LogP contribution in [-0.2, 0) is 11.2 Å². The molecule has 4 heteroatoms. The third-order valence-electron chi connectivity index (χ3n) is 8.17. The summed E-state index contributed by atoms with van der Waals surface area (Å²) in [4.78, 5) is 23.6. The number of ketones is 1. The topological polar surface area (TPSA) is 67.8 Å². The van der Waals surface area contributed by atoms with Crippen LogP contribution in [-0.4, -0.2) is 29.4 Å². The average molecular weight is 450 g/mol. The van der Waals surface area contributed by atoms with Gasteiger partial charge in [-0.2, -0.15) is 0 Å². The first kappa shape index (κ1) is 24.2. The molecular weight excluding hydrogens is 406 g/mol. The van der Waals surface area contributed by atoms with Gasteiger partial charge in [-0.05, 0) is 68.3 Å². The molecule has 2 saturated carbocycles. The van der Waals surface area contributed by atoms with Gasteiger partial charge in [0.1, 0.15) is 5.54 Å². The van der Waals surface area contributed by atoms with Gasteiger partial charge in [-0.15, -0.1) is 0 Å². The van der Waals surface area contributed by atoms with Crippen LogP contribution >= 0.6 is 0 Å². The zero-order valence-corrected chi connectivity index (χ0v) is 20.6. The first-order chi connectivity index (χ1) is 16.0. The molecule has 1 aliphatic heterocycles. The quantitative estimate of drug-likeness (QED) is 0.495. The van der Waals surface area contributed by atoms with Crippen molar-refractivity contribution in [2.45, 2.75) is 108 Å². The van der Waals surface area contributed by atoms with Gasteiger partial charge in [0, 0.05) is 25.1 Å². The summed E-state index contributed by atoms with van der Waals surface area (Å²) in [5, 5.41) is 0. The number of carbonyl (C=O) groups is 1. The van der Waals surface area contributed by atoms with Gasteiger partial charge in [0.15, 0.2) is 5.78 Å². The minimum Gasteiger partial charge on any atom is -0.387 e. The smallest absolute Gasteiger partial charge is 0.160 e. The van der Waals surface area contributed by atoms with Gasteiger partial charge in [-0.25, -0.2) is 0 Å². The van der Waals surface area contributed by atoms with Gasteiger partial charge in [0.25, 0.3) is 0 Å². The van der Waals surface area contributed by atoms with Gasteiger partial charge in [-0.1, -0.05) is 69.4 Å². The van der Waals surface area contributed by atoms with Crippen molar-refractivity contribution in [2.75, 3.05) is 0 Å². The van der Waals surface area contributed by atoms with Crippen molar-refractivity contribution in [3.63, 3.8) is 0 Å². The molecule has 2 aliphatic carbocycles. The lowest BCUT2D eigenvalue weighted by Gasteiger charge is -2.35. The summed E-state index contributed by atoms with van der Waals surface area (Å²) in [5.41, 5.74) is 6.99. The zero-order valence-electron chi connectivity index (χ0n) is 20.6. The maximum Gasteiger partial charge on any atom is 0.160 e. The molecule has 2 N–H and O–H groups in total. The largest absolute Gasteiger partial charge is 0.387 e.